The van der Waals surface area contributed by atoms with Crippen LogP contribution in [0.1, 0.15) is 16.9 Å². The zero-order valence-corrected chi connectivity index (χ0v) is 15.9. The third-order valence-corrected chi connectivity index (χ3v) is 5.24. The van der Waals surface area contributed by atoms with Gasteiger partial charge in [0.25, 0.3) is 0 Å². The molecule has 160 valence electrons. The van der Waals surface area contributed by atoms with Crippen LogP contribution in [0.2, 0.25) is 0 Å². The van der Waals surface area contributed by atoms with Gasteiger partial charge in [-0.25, -0.2) is 22.3 Å². The van der Waals surface area contributed by atoms with Gasteiger partial charge in [0.1, 0.15) is 23.9 Å². The highest BCUT2D eigenvalue weighted by Crippen LogP contribution is 2.39. The summed E-state index contributed by atoms with van der Waals surface area (Å²) in [6, 6.07) is 4.34. The molecule has 0 bridgehead atoms. The molecule has 0 aliphatic carbocycles. The number of hydrogen-bond acceptors (Lipinski definition) is 5. The van der Waals surface area contributed by atoms with E-state index in [4.69, 9.17) is 9.66 Å². The molecule has 0 fully saturated rings. The van der Waals surface area contributed by atoms with Crippen molar-refractivity contribution in [2.75, 3.05) is 0 Å². The van der Waals surface area contributed by atoms with Gasteiger partial charge in [0.05, 0.1) is 11.1 Å². The van der Waals surface area contributed by atoms with Gasteiger partial charge >= 0.3 is 6.18 Å². The molecule has 0 radical (unpaired) electrons. The highest BCUT2D eigenvalue weighted by molar-refractivity contribution is 7.89. The Bertz CT molecular complexity index is 1210. The van der Waals surface area contributed by atoms with Crippen LogP contribution in [0.25, 0.3) is 22.4 Å². The third kappa shape index (κ3) is 3.93. The van der Waals surface area contributed by atoms with Crippen LogP contribution in [0.4, 0.5) is 22.0 Å². The molecule has 2 aromatic carbocycles. The zero-order chi connectivity index (χ0) is 22.4. The van der Waals surface area contributed by atoms with E-state index in [1.54, 1.807) is 0 Å². The van der Waals surface area contributed by atoms with Crippen LogP contribution in [-0.2, 0) is 22.8 Å². The lowest BCUT2D eigenvalue weighted by atomic mass is 9.96. The van der Waals surface area contributed by atoms with Crippen LogP contribution in [0.5, 0.6) is 0 Å². The Labute approximate surface area is 166 Å². The molecule has 0 saturated carbocycles. The lowest BCUT2D eigenvalue weighted by molar-refractivity contribution is -0.138. The minimum absolute atomic E-state index is 0.0990. The van der Waals surface area contributed by atoms with Crippen LogP contribution in [0.3, 0.4) is 0 Å². The molecule has 0 aliphatic heterocycles. The summed E-state index contributed by atoms with van der Waals surface area (Å²) in [5.41, 5.74) is -1.37. The molecule has 3 N–H and O–H groups in total. The summed E-state index contributed by atoms with van der Waals surface area (Å²) in [4.78, 5) is -1.35. The summed E-state index contributed by atoms with van der Waals surface area (Å²) in [5.74, 6) is -3.22. The molecule has 3 rings (SSSR count). The van der Waals surface area contributed by atoms with Gasteiger partial charge in [-0.1, -0.05) is 11.2 Å². The average Bonchev–Trinajstić information content (AvgIpc) is 3.02. The van der Waals surface area contributed by atoms with E-state index in [0.29, 0.717) is 12.1 Å². The van der Waals surface area contributed by atoms with Gasteiger partial charge in [-0.15, -0.1) is 0 Å². The fraction of sp³-hybridized carbons (Fsp3) is 0.167. The number of nitrogens with two attached hydrogens (primary N) is 1. The molecular formula is C18H13F5N2O4S. The Morgan fingerprint density at radius 1 is 1.10 bits per heavy atom. The minimum Gasteiger partial charge on any atom is -0.388 e. The van der Waals surface area contributed by atoms with Crippen LogP contribution in [0.15, 0.2) is 39.8 Å². The number of aromatic nitrogens is 1. The fourth-order valence-corrected chi connectivity index (χ4v) is 3.69. The molecule has 3 aromatic rings. The van der Waals surface area contributed by atoms with E-state index in [1.807, 2.05) is 0 Å². The van der Waals surface area contributed by atoms with Crippen molar-refractivity contribution in [3.63, 3.8) is 0 Å². The van der Waals surface area contributed by atoms with E-state index < -0.39 is 44.9 Å². The molecule has 0 atom stereocenters. The van der Waals surface area contributed by atoms with Crippen molar-refractivity contribution in [1.29, 1.82) is 0 Å². The van der Waals surface area contributed by atoms with Crippen molar-refractivity contribution >= 4 is 10.0 Å². The lowest BCUT2D eigenvalue weighted by Gasteiger charge is -2.12. The quantitative estimate of drug-likeness (QED) is 0.592. The smallest absolute Gasteiger partial charge is 0.388 e. The first kappa shape index (κ1) is 21.9. The number of halogens is 5. The summed E-state index contributed by atoms with van der Waals surface area (Å²) in [7, 11) is -4.70. The highest BCUT2D eigenvalue weighted by atomic mass is 32.2. The van der Waals surface area contributed by atoms with E-state index >= 15 is 0 Å². The van der Waals surface area contributed by atoms with Gasteiger partial charge in [0.15, 0.2) is 10.7 Å². The number of alkyl halides is 3. The lowest BCUT2D eigenvalue weighted by Crippen LogP contribution is -2.16. The largest absolute Gasteiger partial charge is 0.416 e. The number of nitrogens with zero attached hydrogens (tertiary/aromatic N) is 1. The number of primary sulfonamides is 1. The monoisotopic (exact) mass is 448 g/mol. The van der Waals surface area contributed by atoms with E-state index in [0.717, 1.165) is 18.2 Å². The summed E-state index contributed by atoms with van der Waals surface area (Å²) in [6.07, 6.45) is -4.58. The second-order valence-electron chi connectivity index (χ2n) is 6.33. The number of aliphatic hydroxyl groups excluding tert-OH is 1. The summed E-state index contributed by atoms with van der Waals surface area (Å²) >= 11 is 0. The molecule has 0 unspecified atom stereocenters. The SMILES string of the molecule is Cc1cc(-c2noc(CO)c2-c2cc(F)c(S(N)(=O)=O)c(F)c2)ccc1C(F)(F)F. The topological polar surface area (TPSA) is 106 Å². The van der Waals surface area contributed by atoms with Gasteiger partial charge in [-0.3, -0.25) is 0 Å². The van der Waals surface area contributed by atoms with Crippen molar-refractivity contribution in [3.8, 4) is 22.4 Å². The Morgan fingerprint density at radius 2 is 1.70 bits per heavy atom. The summed E-state index contributed by atoms with van der Waals surface area (Å²) < 4.78 is 95.3. The molecular weight excluding hydrogens is 435 g/mol. The fourth-order valence-electron chi connectivity index (χ4n) is 3.03. The van der Waals surface area contributed by atoms with Crippen LogP contribution >= 0.6 is 0 Å². The third-order valence-electron chi connectivity index (χ3n) is 4.28. The minimum atomic E-state index is -4.70. The number of sulfonamides is 1. The highest BCUT2D eigenvalue weighted by Gasteiger charge is 2.33. The van der Waals surface area contributed by atoms with Crippen molar-refractivity contribution < 1.29 is 40.0 Å². The summed E-state index contributed by atoms with van der Waals surface area (Å²) in [5, 5.41) is 18.0. The molecule has 0 amide bonds. The van der Waals surface area contributed by atoms with E-state index in [-0.39, 0.29) is 33.7 Å². The molecule has 0 aliphatic rings. The molecule has 0 saturated heterocycles. The first-order valence-corrected chi connectivity index (χ1v) is 9.69. The van der Waals surface area contributed by atoms with E-state index in [2.05, 4.69) is 5.16 Å². The maximum absolute atomic E-state index is 14.3. The number of rotatable bonds is 4. The Balaban J connectivity index is 2.22. The Morgan fingerprint density at radius 3 is 2.17 bits per heavy atom. The van der Waals surface area contributed by atoms with Crippen molar-refractivity contribution in [2.45, 2.75) is 24.6 Å². The molecule has 30 heavy (non-hydrogen) atoms. The van der Waals surface area contributed by atoms with E-state index in [9.17, 15) is 35.5 Å². The Kier molecular flexibility index (Phi) is 5.43. The normalized spacial score (nSPS) is 12.4. The number of benzene rings is 2. The molecule has 1 aromatic heterocycles. The van der Waals surface area contributed by atoms with Gasteiger partial charge in [-0.05, 0) is 42.3 Å². The van der Waals surface area contributed by atoms with Gasteiger partial charge in [-0.2, -0.15) is 13.2 Å². The number of aliphatic hydroxyl groups is 1. The molecule has 1 heterocycles. The van der Waals surface area contributed by atoms with Crippen LogP contribution in [-0.4, -0.2) is 18.7 Å². The van der Waals surface area contributed by atoms with Crippen LogP contribution in [0, 0.1) is 18.6 Å². The first-order chi connectivity index (χ1) is 13.8. The molecule has 0 spiro atoms. The number of hydrogen-bond donors (Lipinski definition) is 2. The van der Waals surface area contributed by atoms with Crippen LogP contribution < -0.4 is 5.14 Å². The van der Waals surface area contributed by atoms with Gasteiger partial charge in [0.2, 0.25) is 10.0 Å². The standard InChI is InChI=1S/C18H13F5N2O4S/c1-8-4-9(2-3-11(8)18(21,22)23)16-15(14(7-26)29-25-16)10-5-12(19)17(13(20)6-10)30(24,27)28/h2-6,26H,7H2,1H3,(H2,24,27,28). The zero-order valence-electron chi connectivity index (χ0n) is 15.1. The predicted octanol–water partition coefficient (Wildman–Crippen LogP) is 3.75. The number of aryl methyl sites for hydroxylation is 1. The maximum atomic E-state index is 14.3. The van der Waals surface area contributed by atoms with Gasteiger partial charge in [0, 0.05) is 5.56 Å². The molecule has 12 heteroatoms. The summed E-state index contributed by atoms with van der Waals surface area (Å²) in [6.45, 7) is 0.474. The predicted molar refractivity (Wildman–Crippen MR) is 94.3 cm³/mol. The molecule has 6 nitrogen and oxygen atoms in total. The van der Waals surface area contributed by atoms with E-state index in [1.165, 1.54) is 6.92 Å². The first-order valence-electron chi connectivity index (χ1n) is 8.14. The van der Waals surface area contributed by atoms with Crippen molar-refractivity contribution in [3.05, 3.63) is 58.9 Å². The average molecular weight is 448 g/mol. The van der Waals surface area contributed by atoms with Gasteiger partial charge < -0.3 is 9.63 Å². The van der Waals surface area contributed by atoms with Crippen molar-refractivity contribution in [1.82, 2.24) is 5.16 Å². The second-order valence-corrected chi connectivity index (χ2v) is 7.83. The van der Waals surface area contributed by atoms with Crippen molar-refractivity contribution in [2.24, 2.45) is 5.14 Å². The second kappa shape index (κ2) is 7.45. The maximum Gasteiger partial charge on any atom is 0.416 e. The Hall–Kier alpha value is -2.83.